The van der Waals surface area contributed by atoms with Crippen molar-refractivity contribution in [3.05, 3.63) is 30.6 Å². The number of nitrogens with one attached hydrogen (secondary N) is 2. The molecule has 1 aromatic heterocycles. The lowest BCUT2D eigenvalue weighted by Gasteiger charge is -2.11. The third kappa shape index (κ3) is 3.54. The second-order valence-corrected chi connectivity index (χ2v) is 4.64. The number of rotatable bonds is 3. The molecule has 2 unspecified atom stereocenters. The molecule has 1 saturated heterocycles. The molecule has 0 aliphatic carbocycles. The molecule has 3 N–H and O–H groups in total. The van der Waals surface area contributed by atoms with Gasteiger partial charge in [-0.1, -0.05) is 6.07 Å². The van der Waals surface area contributed by atoms with Gasteiger partial charge < -0.3 is 15.7 Å². The Kier molecular flexibility index (Phi) is 4.84. The van der Waals surface area contributed by atoms with Crippen molar-refractivity contribution in [2.45, 2.75) is 18.6 Å². The number of tetrazole rings is 1. The molecule has 0 saturated carbocycles. The number of β-amino-alcohol motifs (C(OH)–C–C–N with tert-alkyl or cyclic N) is 1. The number of aliphatic hydroxyl groups is 1. The lowest BCUT2D eigenvalue weighted by molar-refractivity contribution is -0.117. The van der Waals surface area contributed by atoms with Gasteiger partial charge in [-0.15, -0.1) is 17.5 Å². The molecule has 21 heavy (non-hydrogen) atoms. The van der Waals surface area contributed by atoms with Gasteiger partial charge in [0.25, 0.3) is 0 Å². The molecule has 1 aliphatic heterocycles. The molecule has 9 heteroatoms. The summed E-state index contributed by atoms with van der Waals surface area (Å²) >= 11 is 0. The minimum atomic E-state index is -0.460. The number of benzene rings is 1. The smallest absolute Gasteiger partial charge is 0.241 e. The van der Waals surface area contributed by atoms with Crippen molar-refractivity contribution in [2.75, 3.05) is 11.9 Å². The summed E-state index contributed by atoms with van der Waals surface area (Å²) in [4.78, 5) is 12.0. The SMILES string of the molecule is Cl.O=C(Nc1cccc(-n2cnnn2)c1)C1CC(O)CN1. The number of anilines is 1. The highest BCUT2D eigenvalue weighted by Gasteiger charge is 2.27. The number of amides is 1. The number of aliphatic hydroxyl groups excluding tert-OH is 1. The van der Waals surface area contributed by atoms with E-state index in [2.05, 4.69) is 26.2 Å². The molecule has 1 aromatic carbocycles. The summed E-state index contributed by atoms with van der Waals surface area (Å²) in [5, 5.41) is 26.1. The topological polar surface area (TPSA) is 105 Å². The Morgan fingerprint density at radius 2 is 2.33 bits per heavy atom. The van der Waals surface area contributed by atoms with Gasteiger partial charge in [-0.2, -0.15) is 0 Å². The van der Waals surface area contributed by atoms with E-state index in [0.717, 1.165) is 5.69 Å². The highest BCUT2D eigenvalue weighted by atomic mass is 35.5. The first-order valence-electron chi connectivity index (χ1n) is 6.28. The van der Waals surface area contributed by atoms with Gasteiger partial charge in [0, 0.05) is 12.2 Å². The first-order valence-corrected chi connectivity index (χ1v) is 6.28. The Hall–Kier alpha value is -2.03. The third-order valence-corrected chi connectivity index (χ3v) is 3.15. The van der Waals surface area contributed by atoms with E-state index >= 15 is 0 Å². The molecule has 1 amide bonds. The predicted octanol–water partition coefficient (Wildman–Crippen LogP) is -0.255. The average molecular weight is 311 g/mol. The summed E-state index contributed by atoms with van der Waals surface area (Å²) in [6.45, 7) is 0.447. The zero-order valence-corrected chi connectivity index (χ0v) is 11.8. The van der Waals surface area contributed by atoms with Crippen LogP contribution in [0.25, 0.3) is 5.69 Å². The number of carbonyl (C=O) groups excluding carboxylic acids is 1. The van der Waals surface area contributed by atoms with Gasteiger partial charge >= 0.3 is 0 Å². The summed E-state index contributed by atoms with van der Waals surface area (Å²) in [7, 11) is 0. The molecular formula is C12H15ClN6O2. The van der Waals surface area contributed by atoms with Crippen molar-refractivity contribution >= 4 is 24.0 Å². The van der Waals surface area contributed by atoms with Crippen LogP contribution in [0.3, 0.4) is 0 Å². The van der Waals surface area contributed by atoms with Crippen LogP contribution >= 0.6 is 12.4 Å². The average Bonchev–Trinajstić information content (AvgIpc) is 3.10. The molecule has 2 aromatic rings. The summed E-state index contributed by atoms with van der Waals surface area (Å²) in [6, 6.07) is 6.85. The Morgan fingerprint density at radius 1 is 1.48 bits per heavy atom. The molecule has 0 radical (unpaired) electrons. The molecule has 3 rings (SSSR count). The van der Waals surface area contributed by atoms with E-state index in [0.29, 0.717) is 18.7 Å². The van der Waals surface area contributed by atoms with Crippen LogP contribution < -0.4 is 10.6 Å². The van der Waals surface area contributed by atoms with Gasteiger partial charge in [0.1, 0.15) is 6.33 Å². The molecule has 2 heterocycles. The van der Waals surface area contributed by atoms with Gasteiger partial charge in [0.15, 0.2) is 0 Å². The van der Waals surface area contributed by atoms with Crippen LogP contribution in [0.5, 0.6) is 0 Å². The lowest BCUT2D eigenvalue weighted by Crippen LogP contribution is -2.35. The van der Waals surface area contributed by atoms with Gasteiger partial charge in [-0.05, 0) is 35.0 Å². The van der Waals surface area contributed by atoms with Crippen molar-refractivity contribution in [1.29, 1.82) is 0 Å². The Balaban J connectivity index is 0.00000161. The number of halogens is 1. The first kappa shape index (κ1) is 15.4. The Labute approximate surface area is 126 Å². The maximum absolute atomic E-state index is 12.0. The van der Waals surface area contributed by atoms with Gasteiger partial charge in [-0.3, -0.25) is 4.79 Å². The first-order chi connectivity index (χ1) is 9.72. The van der Waals surface area contributed by atoms with Crippen LogP contribution in [0.1, 0.15) is 6.42 Å². The van der Waals surface area contributed by atoms with E-state index in [1.807, 2.05) is 12.1 Å². The third-order valence-electron chi connectivity index (χ3n) is 3.15. The quantitative estimate of drug-likeness (QED) is 0.722. The molecule has 0 bridgehead atoms. The van der Waals surface area contributed by atoms with E-state index in [9.17, 15) is 9.90 Å². The van der Waals surface area contributed by atoms with Crippen LogP contribution in [0.2, 0.25) is 0 Å². The summed E-state index contributed by atoms with van der Waals surface area (Å²) < 4.78 is 1.51. The van der Waals surface area contributed by atoms with Crippen molar-refractivity contribution in [3.8, 4) is 5.69 Å². The summed E-state index contributed by atoms with van der Waals surface area (Å²) in [5.41, 5.74) is 1.42. The second kappa shape index (κ2) is 6.61. The van der Waals surface area contributed by atoms with E-state index in [-0.39, 0.29) is 24.4 Å². The Bertz CT molecular complexity index is 606. The van der Waals surface area contributed by atoms with E-state index in [1.54, 1.807) is 12.1 Å². The minimum absolute atomic E-state index is 0. The summed E-state index contributed by atoms with van der Waals surface area (Å²) in [6.07, 6.45) is 1.45. The van der Waals surface area contributed by atoms with Crippen LogP contribution in [0.15, 0.2) is 30.6 Å². The van der Waals surface area contributed by atoms with Gasteiger partial charge in [0.2, 0.25) is 5.91 Å². The van der Waals surface area contributed by atoms with Crippen molar-refractivity contribution < 1.29 is 9.90 Å². The monoisotopic (exact) mass is 310 g/mol. The molecule has 8 nitrogen and oxygen atoms in total. The standard InChI is InChI=1S/C12H14N6O2.ClH/c19-10-5-11(13-6-10)12(20)15-8-2-1-3-9(4-8)18-7-14-16-17-18;/h1-4,7,10-11,13,19H,5-6H2,(H,15,20);1H. The van der Waals surface area contributed by atoms with E-state index in [4.69, 9.17) is 0 Å². The van der Waals surface area contributed by atoms with Crippen LogP contribution in [0, 0.1) is 0 Å². The van der Waals surface area contributed by atoms with Crippen LogP contribution in [-0.2, 0) is 4.79 Å². The highest BCUT2D eigenvalue weighted by molar-refractivity contribution is 5.95. The maximum atomic E-state index is 12.0. The maximum Gasteiger partial charge on any atom is 0.241 e. The largest absolute Gasteiger partial charge is 0.392 e. The number of aromatic nitrogens is 4. The van der Waals surface area contributed by atoms with Crippen LogP contribution in [0.4, 0.5) is 5.69 Å². The van der Waals surface area contributed by atoms with Gasteiger partial charge in [0.05, 0.1) is 17.8 Å². The second-order valence-electron chi connectivity index (χ2n) is 4.64. The number of nitrogens with zero attached hydrogens (tertiary/aromatic N) is 4. The zero-order valence-electron chi connectivity index (χ0n) is 11.0. The fourth-order valence-electron chi connectivity index (χ4n) is 2.15. The molecule has 1 fully saturated rings. The van der Waals surface area contributed by atoms with E-state index in [1.165, 1.54) is 11.0 Å². The van der Waals surface area contributed by atoms with Crippen LogP contribution in [-0.4, -0.2) is 49.9 Å². The highest BCUT2D eigenvalue weighted by Crippen LogP contribution is 2.15. The van der Waals surface area contributed by atoms with Gasteiger partial charge in [-0.25, -0.2) is 4.68 Å². The Morgan fingerprint density at radius 3 is 3.00 bits per heavy atom. The summed E-state index contributed by atoms with van der Waals surface area (Å²) in [5.74, 6) is -0.157. The lowest BCUT2D eigenvalue weighted by atomic mass is 10.2. The number of carbonyl (C=O) groups is 1. The van der Waals surface area contributed by atoms with E-state index < -0.39 is 6.10 Å². The molecule has 1 aliphatic rings. The van der Waals surface area contributed by atoms with Crippen molar-refractivity contribution in [3.63, 3.8) is 0 Å². The fourth-order valence-corrected chi connectivity index (χ4v) is 2.15. The van der Waals surface area contributed by atoms with Crippen molar-refractivity contribution in [1.82, 2.24) is 25.5 Å². The minimum Gasteiger partial charge on any atom is -0.392 e. The molecule has 2 atom stereocenters. The molecule has 0 spiro atoms. The molecular weight excluding hydrogens is 296 g/mol. The fraction of sp³-hybridized carbons (Fsp3) is 0.333. The number of hydrogen-bond donors (Lipinski definition) is 3. The zero-order chi connectivity index (χ0) is 13.9. The normalized spacial score (nSPS) is 20.8. The predicted molar refractivity (Wildman–Crippen MR) is 77.4 cm³/mol. The molecule has 112 valence electrons. The van der Waals surface area contributed by atoms with Crippen molar-refractivity contribution in [2.24, 2.45) is 0 Å². The number of hydrogen-bond acceptors (Lipinski definition) is 6.